The van der Waals surface area contributed by atoms with E-state index < -0.39 is 0 Å². The number of rotatable bonds is 3. The normalized spacial score (nSPS) is 14.6. The molecule has 0 bridgehead atoms. The maximum atomic E-state index is 8.89. The summed E-state index contributed by atoms with van der Waals surface area (Å²) in [4.78, 5) is 0. The van der Waals surface area contributed by atoms with E-state index in [0.29, 0.717) is 11.6 Å². The Morgan fingerprint density at radius 2 is 1.46 bits per heavy atom. The lowest BCUT2D eigenvalue weighted by atomic mass is 10.0. The topological polar surface area (TPSA) is 54.5 Å². The number of nitrogens with zero attached hydrogens (tertiary/aromatic N) is 4. The van der Waals surface area contributed by atoms with Crippen LogP contribution in [0.1, 0.15) is 37.3 Å². The highest BCUT2D eigenvalue weighted by Gasteiger charge is 2.20. The maximum Gasteiger partial charge on any atom is 0.0991 e. The smallest absolute Gasteiger partial charge is 0.0991 e. The van der Waals surface area contributed by atoms with Gasteiger partial charge in [0.2, 0.25) is 0 Å². The molecular formula is C20H18N4. The van der Waals surface area contributed by atoms with Crippen LogP contribution in [0.15, 0.2) is 54.7 Å². The quantitative estimate of drug-likeness (QED) is 0.710. The Labute approximate surface area is 141 Å². The van der Waals surface area contributed by atoms with E-state index in [0.717, 1.165) is 22.4 Å². The van der Waals surface area contributed by atoms with Gasteiger partial charge in [-0.1, -0.05) is 54.5 Å². The first kappa shape index (κ1) is 14.6. The zero-order valence-electron chi connectivity index (χ0n) is 13.4. The van der Waals surface area contributed by atoms with Crippen LogP contribution < -0.4 is 0 Å². The van der Waals surface area contributed by atoms with Crippen LogP contribution in [0.2, 0.25) is 0 Å². The van der Waals surface area contributed by atoms with E-state index in [1.807, 2.05) is 30.5 Å². The SMILES string of the molecule is N#Cc1ccc(-c2ccc(-c3cnnn3C3CCCC3)cc2)cc1. The van der Waals surface area contributed by atoms with Crippen molar-refractivity contribution in [2.45, 2.75) is 31.7 Å². The summed E-state index contributed by atoms with van der Waals surface area (Å²) in [5.41, 5.74) is 5.17. The van der Waals surface area contributed by atoms with Crippen molar-refractivity contribution in [1.82, 2.24) is 15.0 Å². The number of hydrogen-bond donors (Lipinski definition) is 0. The van der Waals surface area contributed by atoms with Gasteiger partial charge in [0.05, 0.1) is 29.6 Å². The Kier molecular flexibility index (Phi) is 3.84. The highest BCUT2D eigenvalue weighted by atomic mass is 15.4. The lowest BCUT2D eigenvalue weighted by Gasteiger charge is -2.13. The van der Waals surface area contributed by atoms with Crippen molar-refractivity contribution in [2.75, 3.05) is 0 Å². The number of nitriles is 1. The second-order valence-electron chi connectivity index (χ2n) is 6.27. The molecule has 24 heavy (non-hydrogen) atoms. The Morgan fingerprint density at radius 1 is 0.875 bits per heavy atom. The van der Waals surface area contributed by atoms with Gasteiger partial charge in [0, 0.05) is 5.56 Å². The summed E-state index contributed by atoms with van der Waals surface area (Å²) in [6, 6.07) is 18.8. The molecule has 2 aromatic carbocycles. The van der Waals surface area contributed by atoms with Crippen LogP contribution >= 0.6 is 0 Å². The van der Waals surface area contributed by atoms with Crippen molar-refractivity contribution in [3.05, 3.63) is 60.3 Å². The van der Waals surface area contributed by atoms with Gasteiger partial charge in [-0.05, 0) is 36.1 Å². The third kappa shape index (κ3) is 2.69. The summed E-state index contributed by atoms with van der Waals surface area (Å²) in [7, 11) is 0. The molecule has 4 heteroatoms. The molecule has 0 unspecified atom stereocenters. The lowest BCUT2D eigenvalue weighted by molar-refractivity contribution is 0.458. The fourth-order valence-corrected chi connectivity index (χ4v) is 3.44. The van der Waals surface area contributed by atoms with Crippen molar-refractivity contribution < 1.29 is 0 Å². The van der Waals surface area contributed by atoms with Crippen molar-refractivity contribution >= 4 is 0 Å². The van der Waals surface area contributed by atoms with Gasteiger partial charge in [-0.3, -0.25) is 0 Å². The summed E-state index contributed by atoms with van der Waals surface area (Å²) >= 11 is 0. The maximum absolute atomic E-state index is 8.89. The number of aromatic nitrogens is 3. The molecule has 0 saturated heterocycles. The molecule has 0 N–H and O–H groups in total. The molecule has 4 rings (SSSR count). The Morgan fingerprint density at radius 3 is 2.08 bits per heavy atom. The molecule has 1 aliphatic rings. The molecule has 1 heterocycles. The van der Waals surface area contributed by atoms with Crippen LogP contribution in [0.4, 0.5) is 0 Å². The number of benzene rings is 2. The molecule has 1 saturated carbocycles. The van der Waals surface area contributed by atoms with Crippen molar-refractivity contribution in [3.63, 3.8) is 0 Å². The molecular weight excluding hydrogens is 296 g/mol. The minimum absolute atomic E-state index is 0.487. The molecule has 1 aromatic heterocycles. The summed E-state index contributed by atoms with van der Waals surface area (Å²) < 4.78 is 2.09. The molecule has 3 aromatic rings. The molecule has 0 spiro atoms. The zero-order valence-corrected chi connectivity index (χ0v) is 13.4. The Balaban J connectivity index is 1.62. The standard InChI is InChI=1S/C20H18N4/c21-13-15-5-7-16(8-6-15)17-9-11-18(12-10-17)20-14-22-23-24(20)19-3-1-2-4-19/h5-12,14,19H,1-4H2. The van der Waals surface area contributed by atoms with E-state index in [-0.39, 0.29) is 0 Å². The van der Waals surface area contributed by atoms with E-state index in [2.05, 4.69) is 45.3 Å². The monoisotopic (exact) mass is 314 g/mol. The van der Waals surface area contributed by atoms with E-state index in [1.54, 1.807) is 0 Å². The lowest BCUT2D eigenvalue weighted by Crippen LogP contribution is -2.08. The van der Waals surface area contributed by atoms with Gasteiger partial charge in [0.1, 0.15) is 0 Å². The molecule has 1 aliphatic carbocycles. The Bertz CT molecular complexity index is 863. The molecule has 0 aliphatic heterocycles. The first-order valence-electron chi connectivity index (χ1n) is 8.36. The van der Waals surface area contributed by atoms with Crippen LogP contribution in [-0.2, 0) is 0 Å². The average Bonchev–Trinajstić information content (AvgIpc) is 3.33. The second-order valence-corrected chi connectivity index (χ2v) is 6.27. The molecule has 4 nitrogen and oxygen atoms in total. The predicted molar refractivity (Wildman–Crippen MR) is 93.1 cm³/mol. The van der Waals surface area contributed by atoms with Gasteiger partial charge in [-0.15, -0.1) is 5.10 Å². The summed E-state index contributed by atoms with van der Waals surface area (Å²) in [5, 5.41) is 17.3. The van der Waals surface area contributed by atoms with Crippen LogP contribution in [0.25, 0.3) is 22.4 Å². The van der Waals surface area contributed by atoms with Crippen molar-refractivity contribution in [2.24, 2.45) is 0 Å². The first-order chi connectivity index (χ1) is 11.8. The molecule has 0 radical (unpaired) electrons. The fourth-order valence-electron chi connectivity index (χ4n) is 3.44. The van der Waals surface area contributed by atoms with Crippen LogP contribution in [0.5, 0.6) is 0 Å². The Hall–Kier alpha value is -2.93. The molecule has 0 amide bonds. The number of hydrogen-bond acceptors (Lipinski definition) is 3. The van der Waals surface area contributed by atoms with Crippen LogP contribution in [0, 0.1) is 11.3 Å². The highest BCUT2D eigenvalue weighted by molar-refractivity contribution is 5.69. The van der Waals surface area contributed by atoms with E-state index in [4.69, 9.17) is 5.26 Å². The summed E-state index contributed by atoms with van der Waals surface area (Å²) in [6.45, 7) is 0. The minimum Gasteiger partial charge on any atom is -0.242 e. The van der Waals surface area contributed by atoms with Gasteiger partial charge in [-0.25, -0.2) is 4.68 Å². The van der Waals surface area contributed by atoms with Gasteiger partial charge < -0.3 is 0 Å². The second kappa shape index (κ2) is 6.29. The third-order valence-electron chi connectivity index (χ3n) is 4.77. The molecule has 1 fully saturated rings. The summed E-state index contributed by atoms with van der Waals surface area (Å²) in [6.07, 6.45) is 6.80. The van der Waals surface area contributed by atoms with Crippen molar-refractivity contribution in [1.29, 1.82) is 5.26 Å². The fraction of sp³-hybridized carbons (Fsp3) is 0.250. The van der Waals surface area contributed by atoms with Gasteiger partial charge >= 0.3 is 0 Å². The average molecular weight is 314 g/mol. The van der Waals surface area contributed by atoms with E-state index in [1.165, 1.54) is 25.7 Å². The zero-order chi connectivity index (χ0) is 16.4. The molecule has 0 atom stereocenters. The summed E-state index contributed by atoms with van der Waals surface area (Å²) in [5.74, 6) is 0. The van der Waals surface area contributed by atoms with Gasteiger partial charge in [0.15, 0.2) is 0 Å². The largest absolute Gasteiger partial charge is 0.242 e. The highest BCUT2D eigenvalue weighted by Crippen LogP contribution is 2.33. The third-order valence-corrected chi connectivity index (χ3v) is 4.77. The van der Waals surface area contributed by atoms with Crippen LogP contribution in [-0.4, -0.2) is 15.0 Å². The predicted octanol–water partition coefficient (Wildman–Crippen LogP) is 4.60. The van der Waals surface area contributed by atoms with Gasteiger partial charge in [-0.2, -0.15) is 5.26 Å². The minimum atomic E-state index is 0.487. The van der Waals surface area contributed by atoms with Crippen LogP contribution in [0.3, 0.4) is 0 Å². The first-order valence-corrected chi connectivity index (χ1v) is 8.36. The van der Waals surface area contributed by atoms with Crippen molar-refractivity contribution in [3.8, 4) is 28.5 Å². The van der Waals surface area contributed by atoms with Gasteiger partial charge in [0.25, 0.3) is 0 Å². The molecule has 118 valence electrons. The van der Waals surface area contributed by atoms with E-state index in [9.17, 15) is 0 Å². The van der Waals surface area contributed by atoms with E-state index >= 15 is 0 Å².